The van der Waals surface area contributed by atoms with E-state index in [1.54, 1.807) is 23.0 Å². The molecule has 1 saturated heterocycles. The van der Waals surface area contributed by atoms with Crippen molar-refractivity contribution in [1.29, 1.82) is 0 Å². The molecule has 2 atom stereocenters. The Bertz CT molecular complexity index is 1100. The minimum absolute atomic E-state index is 0.0515. The average molecular weight is 342 g/mol. The van der Waals surface area contributed by atoms with E-state index in [-0.39, 0.29) is 11.5 Å². The van der Waals surface area contributed by atoms with Crippen LogP contribution in [0.1, 0.15) is 12.8 Å². The van der Waals surface area contributed by atoms with Crippen LogP contribution in [0.4, 0.5) is 10.1 Å². The molecule has 1 aliphatic carbocycles. The van der Waals surface area contributed by atoms with Crippen LogP contribution in [-0.4, -0.2) is 43.3 Å². The Balaban J connectivity index is 1.67. The number of halogens is 1. The van der Waals surface area contributed by atoms with E-state index < -0.39 is 16.9 Å². The van der Waals surface area contributed by atoms with Crippen molar-refractivity contribution >= 4 is 11.3 Å². The Morgan fingerprint density at radius 1 is 1.36 bits per heavy atom. The van der Waals surface area contributed by atoms with Crippen LogP contribution in [-0.2, 0) is 0 Å². The smallest absolute Gasteiger partial charge is 0.325 e. The molecule has 2 N–H and O–H groups in total. The van der Waals surface area contributed by atoms with Gasteiger partial charge in [-0.1, -0.05) is 0 Å². The second-order valence-corrected chi connectivity index (χ2v) is 6.75. The summed E-state index contributed by atoms with van der Waals surface area (Å²) >= 11 is 0. The molecule has 0 bridgehead atoms. The second-order valence-electron chi connectivity index (χ2n) is 6.75. The van der Waals surface area contributed by atoms with Crippen molar-refractivity contribution in [3.05, 3.63) is 45.5 Å². The van der Waals surface area contributed by atoms with Gasteiger partial charge in [-0.3, -0.25) is 9.78 Å². The van der Waals surface area contributed by atoms with Gasteiger partial charge in [-0.05, 0) is 18.9 Å². The van der Waals surface area contributed by atoms with Crippen molar-refractivity contribution in [2.24, 2.45) is 5.92 Å². The summed E-state index contributed by atoms with van der Waals surface area (Å²) in [4.78, 5) is 34.3. The number of H-pyrrole nitrogens is 2. The third-order valence-corrected chi connectivity index (χ3v) is 5.31. The minimum atomic E-state index is -1.12. The van der Waals surface area contributed by atoms with Crippen LogP contribution in [0.5, 0.6) is 0 Å². The number of aromatic amines is 2. The van der Waals surface area contributed by atoms with Gasteiger partial charge in [-0.25, -0.2) is 18.7 Å². The molecule has 0 amide bonds. The lowest BCUT2D eigenvalue weighted by molar-refractivity contribution is 0.0308. The summed E-state index contributed by atoms with van der Waals surface area (Å²) in [6, 6.07) is 1.74. The molecule has 4 heterocycles. The molecular formula is C16H15FN6O2. The fourth-order valence-electron chi connectivity index (χ4n) is 3.82. The zero-order valence-electron chi connectivity index (χ0n) is 13.2. The van der Waals surface area contributed by atoms with Crippen molar-refractivity contribution in [2.75, 3.05) is 18.0 Å². The normalized spacial score (nSPS) is 25.2. The van der Waals surface area contributed by atoms with E-state index in [1.165, 1.54) is 6.20 Å². The number of rotatable bonds is 2. The molecule has 25 heavy (non-hydrogen) atoms. The van der Waals surface area contributed by atoms with Crippen LogP contribution in [0, 0.1) is 5.92 Å². The number of anilines is 1. The van der Waals surface area contributed by atoms with Crippen LogP contribution in [0.25, 0.3) is 16.9 Å². The minimum Gasteiger partial charge on any atom is -0.365 e. The fraction of sp³-hybridized carbons (Fsp3) is 0.375. The summed E-state index contributed by atoms with van der Waals surface area (Å²) in [7, 11) is 0. The lowest BCUT2D eigenvalue weighted by Crippen LogP contribution is -2.41. The molecule has 3 aromatic heterocycles. The molecule has 0 spiro atoms. The molecule has 1 aliphatic heterocycles. The summed E-state index contributed by atoms with van der Waals surface area (Å²) in [6.07, 6.45) is 6.12. The monoisotopic (exact) mass is 342 g/mol. The van der Waals surface area contributed by atoms with Crippen molar-refractivity contribution in [2.45, 2.75) is 18.5 Å². The maximum absolute atomic E-state index is 14.7. The standard InChI is InChI=1S/C16H15FN6O2/c17-16-2-1-9(16)7-22(8-16)12-5-11(21-23-4-3-18-13(12)23)10-6-19-15(25)20-14(10)24/h3-6,9H,1-2,7-8H2,(H2,19,20,24,25). The van der Waals surface area contributed by atoms with E-state index in [0.29, 0.717) is 30.9 Å². The first-order valence-electron chi connectivity index (χ1n) is 8.14. The van der Waals surface area contributed by atoms with E-state index in [0.717, 1.165) is 12.1 Å². The summed E-state index contributed by atoms with van der Waals surface area (Å²) < 4.78 is 16.3. The molecule has 5 rings (SSSR count). The van der Waals surface area contributed by atoms with Crippen molar-refractivity contribution in [1.82, 2.24) is 24.6 Å². The number of aromatic nitrogens is 5. The molecule has 8 nitrogen and oxygen atoms in total. The predicted molar refractivity (Wildman–Crippen MR) is 88.4 cm³/mol. The van der Waals surface area contributed by atoms with Gasteiger partial charge in [-0.15, -0.1) is 0 Å². The molecule has 2 fully saturated rings. The van der Waals surface area contributed by atoms with Crippen LogP contribution >= 0.6 is 0 Å². The summed E-state index contributed by atoms with van der Waals surface area (Å²) in [5.41, 5.74) is -0.221. The van der Waals surface area contributed by atoms with E-state index in [4.69, 9.17) is 0 Å². The molecule has 0 aromatic carbocycles. The second kappa shape index (κ2) is 4.78. The highest BCUT2D eigenvalue weighted by molar-refractivity contribution is 5.74. The first kappa shape index (κ1) is 14.4. The van der Waals surface area contributed by atoms with E-state index >= 15 is 0 Å². The number of hydrogen-bond donors (Lipinski definition) is 2. The number of imidazole rings is 1. The number of alkyl halides is 1. The zero-order chi connectivity index (χ0) is 17.2. The summed E-state index contributed by atoms with van der Waals surface area (Å²) in [5, 5.41) is 4.39. The van der Waals surface area contributed by atoms with E-state index in [9.17, 15) is 14.0 Å². The van der Waals surface area contributed by atoms with Gasteiger partial charge in [-0.2, -0.15) is 5.10 Å². The lowest BCUT2D eigenvalue weighted by atomic mass is 9.74. The number of nitrogens with zero attached hydrogens (tertiary/aromatic N) is 4. The third kappa shape index (κ3) is 2.04. The van der Waals surface area contributed by atoms with Gasteiger partial charge in [0.05, 0.1) is 17.8 Å². The van der Waals surface area contributed by atoms with Gasteiger partial charge in [0.15, 0.2) is 5.65 Å². The highest BCUT2D eigenvalue weighted by Gasteiger charge is 2.54. The Morgan fingerprint density at radius 2 is 2.24 bits per heavy atom. The van der Waals surface area contributed by atoms with Gasteiger partial charge in [0.1, 0.15) is 11.4 Å². The molecule has 2 unspecified atom stereocenters. The van der Waals surface area contributed by atoms with Crippen molar-refractivity contribution < 1.29 is 4.39 Å². The Hall–Kier alpha value is -2.97. The van der Waals surface area contributed by atoms with Crippen LogP contribution in [0.15, 0.2) is 34.2 Å². The van der Waals surface area contributed by atoms with Crippen molar-refractivity contribution in [3.8, 4) is 11.3 Å². The zero-order valence-corrected chi connectivity index (χ0v) is 13.2. The van der Waals surface area contributed by atoms with Gasteiger partial charge < -0.3 is 9.88 Å². The molecule has 1 saturated carbocycles. The van der Waals surface area contributed by atoms with Crippen LogP contribution < -0.4 is 16.1 Å². The Morgan fingerprint density at radius 3 is 2.92 bits per heavy atom. The van der Waals surface area contributed by atoms with Gasteiger partial charge in [0.2, 0.25) is 0 Å². The molecule has 2 aliphatic rings. The van der Waals surface area contributed by atoms with Crippen LogP contribution in [0.3, 0.4) is 0 Å². The van der Waals surface area contributed by atoms with Gasteiger partial charge >= 0.3 is 5.69 Å². The van der Waals surface area contributed by atoms with Gasteiger partial charge in [0.25, 0.3) is 5.56 Å². The Kier molecular flexibility index (Phi) is 2.75. The van der Waals surface area contributed by atoms with Crippen LogP contribution in [0.2, 0.25) is 0 Å². The number of hydrogen-bond acceptors (Lipinski definition) is 5. The SMILES string of the molecule is O=c1[nH]cc(-c2cc(N3CC4CCC4(F)C3)c3nccn3n2)c(=O)[nH]1. The van der Waals surface area contributed by atoms with Crippen molar-refractivity contribution in [3.63, 3.8) is 0 Å². The largest absolute Gasteiger partial charge is 0.365 e. The molecule has 3 aromatic rings. The Labute approximate surface area is 140 Å². The molecular weight excluding hydrogens is 327 g/mol. The first-order valence-corrected chi connectivity index (χ1v) is 8.14. The third-order valence-electron chi connectivity index (χ3n) is 5.31. The quantitative estimate of drug-likeness (QED) is 0.715. The fourth-order valence-corrected chi connectivity index (χ4v) is 3.82. The first-order chi connectivity index (χ1) is 12.0. The molecule has 9 heteroatoms. The highest BCUT2D eigenvalue weighted by atomic mass is 19.1. The highest BCUT2D eigenvalue weighted by Crippen LogP contribution is 2.49. The number of nitrogens with one attached hydrogen (secondary N) is 2. The maximum atomic E-state index is 14.7. The van der Waals surface area contributed by atoms with Gasteiger partial charge in [0, 0.05) is 31.1 Å². The summed E-state index contributed by atoms with van der Waals surface area (Å²) in [6.45, 7) is 0.954. The lowest BCUT2D eigenvalue weighted by Gasteiger charge is -2.35. The molecule has 0 radical (unpaired) electrons. The van der Waals surface area contributed by atoms with E-state index in [1.807, 2.05) is 4.90 Å². The molecule has 128 valence electrons. The maximum Gasteiger partial charge on any atom is 0.325 e. The predicted octanol–water partition coefficient (Wildman–Crippen LogP) is 0.711. The topological polar surface area (TPSA) is 99.2 Å². The summed E-state index contributed by atoms with van der Waals surface area (Å²) in [5.74, 6) is 0.0515. The average Bonchev–Trinajstić information content (AvgIpc) is 3.12. The van der Waals surface area contributed by atoms with E-state index in [2.05, 4.69) is 20.1 Å². The number of fused-ring (bicyclic) bond motifs is 2.